The number of benzene rings is 2. The van der Waals surface area contributed by atoms with Crippen molar-refractivity contribution in [1.82, 2.24) is 4.90 Å². The normalized spacial score (nSPS) is 13.8. The highest BCUT2D eigenvalue weighted by Gasteiger charge is 2.16. The third-order valence-electron chi connectivity index (χ3n) is 3.85. The fraction of sp³-hybridized carbons (Fsp3) is 0.263. The Morgan fingerprint density at radius 1 is 1.20 bits per heavy atom. The molecule has 3 rings (SSSR count). The smallest absolute Gasteiger partial charge is 0.322 e. The van der Waals surface area contributed by atoms with Gasteiger partial charge in [0.25, 0.3) is 0 Å². The first-order chi connectivity index (χ1) is 12.2. The zero-order chi connectivity index (χ0) is 17.5. The van der Waals surface area contributed by atoms with Crippen molar-refractivity contribution in [3.63, 3.8) is 0 Å². The summed E-state index contributed by atoms with van der Waals surface area (Å²) in [5.41, 5.74) is 2.20. The van der Waals surface area contributed by atoms with Gasteiger partial charge in [-0.15, -0.1) is 0 Å². The molecule has 2 aromatic rings. The summed E-state index contributed by atoms with van der Waals surface area (Å²) in [5.74, 6) is 0.655. The molecular weight excluding hydrogens is 318 g/mol. The largest absolute Gasteiger partial charge is 0.489 e. The zero-order valence-corrected chi connectivity index (χ0v) is 13.8. The molecule has 0 aliphatic carbocycles. The molecule has 0 spiro atoms. The molecule has 1 heterocycles. The Hall–Kier alpha value is -3.04. The molecule has 6 nitrogen and oxygen atoms in total. The fourth-order valence-electron chi connectivity index (χ4n) is 2.53. The molecule has 1 saturated heterocycles. The second-order valence-electron chi connectivity index (χ2n) is 5.66. The SMILES string of the molecule is N#Cc1cccc(COc2cccc(NC(=O)N3CCOCC3)c2)c1. The number of carbonyl (C=O) groups excluding carboxylic acids is 1. The van der Waals surface area contributed by atoms with Crippen LogP contribution in [0.15, 0.2) is 48.5 Å². The standard InChI is InChI=1S/C19H19N3O3/c20-13-15-3-1-4-16(11-15)14-25-18-6-2-5-17(12-18)21-19(23)22-7-9-24-10-8-22/h1-6,11-12H,7-10,14H2,(H,21,23). The second-order valence-corrected chi connectivity index (χ2v) is 5.66. The quantitative estimate of drug-likeness (QED) is 0.931. The molecular formula is C19H19N3O3. The number of nitrogens with one attached hydrogen (secondary N) is 1. The van der Waals surface area contributed by atoms with Crippen molar-refractivity contribution in [3.8, 4) is 11.8 Å². The van der Waals surface area contributed by atoms with E-state index in [1.165, 1.54) is 0 Å². The van der Waals surface area contributed by atoms with E-state index >= 15 is 0 Å². The van der Waals surface area contributed by atoms with Gasteiger partial charge in [-0.2, -0.15) is 5.26 Å². The van der Waals surface area contributed by atoms with Crippen LogP contribution in [0.5, 0.6) is 5.75 Å². The molecule has 0 unspecified atom stereocenters. The molecule has 1 N–H and O–H groups in total. The van der Waals surface area contributed by atoms with E-state index < -0.39 is 0 Å². The number of hydrogen-bond acceptors (Lipinski definition) is 4. The van der Waals surface area contributed by atoms with Crippen LogP contribution in [0, 0.1) is 11.3 Å². The van der Waals surface area contributed by atoms with Gasteiger partial charge in [-0.25, -0.2) is 4.79 Å². The van der Waals surface area contributed by atoms with Gasteiger partial charge in [0, 0.05) is 24.8 Å². The van der Waals surface area contributed by atoms with Gasteiger partial charge in [-0.05, 0) is 29.8 Å². The molecule has 6 heteroatoms. The van der Waals surface area contributed by atoms with Crippen molar-refractivity contribution >= 4 is 11.7 Å². The van der Waals surface area contributed by atoms with Crippen LogP contribution in [0.2, 0.25) is 0 Å². The fourth-order valence-corrected chi connectivity index (χ4v) is 2.53. The summed E-state index contributed by atoms with van der Waals surface area (Å²) >= 11 is 0. The van der Waals surface area contributed by atoms with Gasteiger partial charge < -0.3 is 19.7 Å². The predicted octanol–water partition coefficient (Wildman–Crippen LogP) is 3.00. The number of nitrogens with zero attached hydrogens (tertiary/aromatic N) is 2. The molecule has 0 atom stereocenters. The first kappa shape index (κ1) is 16.8. The summed E-state index contributed by atoms with van der Waals surface area (Å²) < 4.78 is 11.0. The van der Waals surface area contributed by atoms with E-state index in [4.69, 9.17) is 14.7 Å². The van der Waals surface area contributed by atoms with Gasteiger partial charge in [0.1, 0.15) is 12.4 Å². The van der Waals surface area contributed by atoms with Gasteiger partial charge >= 0.3 is 6.03 Å². The number of anilines is 1. The maximum Gasteiger partial charge on any atom is 0.322 e. The zero-order valence-electron chi connectivity index (χ0n) is 13.8. The summed E-state index contributed by atoms with van der Waals surface area (Å²) in [4.78, 5) is 13.9. The van der Waals surface area contributed by atoms with Crippen LogP contribution in [-0.2, 0) is 11.3 Å². The Labute approximate surface area is 146 Å². The molecule has 128 valence electrons. The number of ether oxygens (including phenoxy) is 2. The van der Waals surface area contributed by atoms with E-state index in [0.717, 1.165) is 5.56 Å². The highest BCUT2D eigenvalue weighted by atomic mass is 16.5. The summed E-state index contributed by atoms with van der Waals surface area (Å²) in [5, 5.41) is 11.8. The topological polar surface area (TPSA) is 74.6 Å². The van der Waals surface area contributed by atoms with Gasteiger partial charge in [-0.3, -0.25) is 0 Å². The average molecular weight is 337 g/mol. The summed E-state index contributed by atoms with van der Waals surface area (Å²) in [6.07, 6.45) is 0. The molecule has 0 aromatic heterocycles. The first-order valence-corrected chi connectivity index (χ1v) is 8.10. The molecule has 0 saturated carbocycles. The van der Waals surface area contributed by atoms with E-state index in [1.807, 2.05) is 30.3 Å². The monoisotopic (exact) mass is 337 g/mol. The highest BCUT2D eigenvalue weighted by Crippen LogP contribution is 2.19. The lowest BCUT2D eigenvalue weighted by Crippen LogP contribution is -2.43. The molecule has 2 aromatic carbocycles. The lowest BCUT2D eigenvalue weighted by molar-refractivity contribution is 0.0564. The number of amides is 2. The average Bonchev–Trinajstić information content (AvgIpc) is 2.67. The van der Waals surface area contributed by atoms with Gasteiger partial charge in [0.15, 0.2) is 0 Å². The lowest BCUT2D eigenvalue weighted by atomic mass is 10.1. The van der Waals surface area contributed by atoms with Crippen LogP contribution in [0.3, 0.4) is 0 Å². The third-order valence-corrected chi connectivity index (χ3v) is 3.85. The van der Waals surface area contributed by atoms with E-state index in [-0.39, 0.29) is 6.03 Å². The predicted molar refractivity (Wildman–Crippen MR) is 93.3 cm³/mol. The van der Waals surface area contributed by atoms with E-state index in [0.29, 0.717) is 49.9 Å². The van der Waals surface area contributed by atoms with Crippen molar-refractivity contribution in [3.05, 3.63) is 59.7 Å². The number of rotatable bonds is 4. The van der Waals surface area contributed by atoms with Crippen LogP contribution in [0.1, 0.15) is 11.1 Å². The van der Waals surface area contributed by atoms with Crippen LogP contribution in [0.4, 0.5) is 10.5 Å². The molecule has 1 aliphatic heterocycles. The maximum absolute atomic E-state index is 12.2. The Bertz CT molecular complexity index is 779. The maximum atomic E-state index is 12.2. The lowest BCUT2D eigenvalue weighted by Gasteiger charge is -2.27. The van der Waals surface area contributed by atoms with E-state index in [1.54, 1.807) is 23.1 Å². The van der Waals surface area contributed by atoms with Crippen molar-refractivity contribution in [1.29, 1.82) is 5.26 Å². The summed E-state index contributed by atoms with van der Waals surface area (Å²) in [6.45, 7) is 2.68. The van der Waals surface area contributed by atoms with Gasteiger partial charge in [-0.1, -0.05) is 18.2 Å². The van der Waals surface area contributed by atoms with Crippen LogP contribution < -0.4 is 10.1 Å². The first-order valence-electron chi connectivity index (χ1n) is 8.10. The highest BCUT2D eigenvalue weighted by molar-refractivity contribution is 5.89. The molecule has 1 fully saturated rings. The van der Waals surface area contributed by atoms with Crippen molar-refractivity contribution in [2.45, 2.75) is 6.61 Å². The molecule has 1 aliphatic rings. The van der Waals surface area contributed by atoms with Crippen molar-refractivity contribution < 1.29 is 14.3 Å². The van der Waals surface area contributed by atoms with Crippen LogP contribution in [0.25, 0.3) is 0 Å². The minimum Gasteiger partial charge on any atom is -0.489 e. The molecule has 25 heavy (non-hydrogen) atoms. The molecule has 0 radical (unpaired) electrons. The summed E-state index contributed by atoms with van der Waals surface area (Å²) in [6, 6.07) is 16.5. The van der Waals surface area contributed by atoms with Gasteiger partial charge in [0.05, 0.1) is 24.8 Å². The van der Waals surface area contributed by atoms with E-state index in [2.05, 4.69) is 11.4 Å². The summed E-state index contributed by atoms with van der Waals surface area (Å²) in [7, 11) is 0. The number of morpholine rings is 1. The third kappa shape index (κ3) is 4.72. The number of nitriles is 1. The number of carbonyl (C=O) groups is 1. The van der Waals surface area contributed by atoms with Crippen molar-refractivity contribution in [2.24, 2.45) is 0 Å². The van der Waals surface area contributed by atoms with Gasteiger partial charge in [0.2, 0.25) is 0 Å². The minimum absolute atomic E-state index is 0.137. The molecule has 0 bridgehead atoms. The number of urea groups is 1. The van der Waals surface area contributed by atoms with Crippen LogP contribution >= 0.6 is 0 Å². The minimum atomic E-state index is -0.137. The Morgan fingerprint density at radius 3 is 2.80 bits per heavy atom. The second kappa shape index (κ2) is 8.18. The van der Waals surface area contributed by atoms with Crippen molar-refractivity contribution in [2.75, 3.05) is 31.6 Å². The number of hydrogen-bond donors (Lipinski definition) is 1. The van der Waals surface area contributed by atoms with E-state index in [9.17, 15) is 4.79 Å². The Kier molecular flexibility index (Phi) is 5.50. The molecule has 2 amide bonds. The Balaban J connectivity index is 1.59. The Morgan fingerprint density at radius 2 is 2.00 bits per heavy atom. The van der Waals surface area contributed by atoms with Crippen LogP contribution in [-0.4, -0.2) is 37.2 Å².